The van der Waals surface area contributed by atoms with E-state index < -0.39 is 11.9 Å². The van der Waals surface area contributed by atoms with Crippen LogP contribution in [0.25, 0.3) is 0 Å². The van der Waals surface area contributed by atoms with Crippen molar-refractivity contribution in [3.63, 3.8) is 0 Å². The van der Waals surface area contributed by atoms with Gasteiger partial charge in [-0.25, -0.2) is 4.90 Å². The summed E-state index contributed by atoms with van der Waals surface area (Å²) in [6, 6.07) is 14.2. The number of carbonyl (C=O) groups is 4. The molecule has 8 rings (SSSR count). The minimum absolute atomic E-state index is 0.0804. The molecule has 2 bridgehead atoms. The summed E-state index contributed by atoms with van der Waals surface area (Å²) in [5, 5.41) is 0. The van der Waals surface area contributed by atoms with Crippen LogP contribution in [0.2, 0.25) is 0 Å². The summed E-state index contributed by atoms with van der Waals surface area (Å²) in [4.78, 5) is 55.2. The number of nitrogens with zero attached hydrogens (tertiary/aromatic N) is 2. The van der Waals surface area contributed by atoms with Gasteiger partial charge in [0, 0.05) is 24.7 Å². The van der Waals surface area contributed by atoms with Gasteiger partial charge in [-0.2, -0.15) is 0 Å². The molecular weight excluding hydrogens is 456 g/mol. The molecule has 4 aliphatic carbocycles. The molecule has 4 fully saturated rings. The van der Waals surface area contributed by atoms with Gasteiger partial charge in [0.1, 0.15) is 5.75 Å². The smallest absolute Gasteiger partial charge is 0.316 e. The SMILES string of the molecule is Cc1cccc(N2C[C@H](C(=O)Oc3cccc(N4C(=O)[C@H]5[C@@H]6C=C[C@H]([C@@H]7C[C@H]67)[C@@H]5C4=O)c3)CC2=O)c1. The van der Waals surface area contributed by atoms with Crippen LogP contribution in [0.3, 0.4) is 0 Å². The molecule has 2 aromatic carbocycles. The molecule has 2 saturated heterocycles. The van der Waals surface area contributed by atoms with Crippen molar-refractivity contribution in [1.82, 2.24) is 0 Å². The molecule has 182 valence electrons. The normalized spacial score (nSPS) is 33.7. The highest BCUT2D eigenvalue weighted by molar-refractivity contribution is 6.22. The zero-order valence-electron chi connectivity index (χ0n) is 19.9. The molecule has 0 aromatic heterocycles. The van der Waals surface area contributed by atoms with Crippen molar-refractivity contribution >= 4 is 35.1 Å². The Labute approximate surface area is 208 Å². The molecular formula is C29H26N2O5. The summed E-state index contributed by atoms with van der Waals surface area (Å²) in [5.74, 6) is -0.392. The van der Waals surface area contributed by atoms with Crippen molar-refractivity contribution in [3.05, 3.63) is 66.2 Å². The number of ether oxygens (including phenoxy) is 1. The molecule has 2 heterocycles. The number of amides is 3. The monoisotopic (exact) mass is 482 g/mol. The third-order valence-electron chi connectivity index (χ3n) is 8.73. The fourth-order valence-electron chi connectivity index (χ4n) is 7.01. The topological polar surface area (TPSA) is 84.0 Å². The Hall–Kier alpha value is -3.74. The Morgan fingerprint density at radius 3 is 2.25 bits per heavy atom. The number of esters is 1. The summed E-state index contributed by atoms with van der Waals surface area (Å²) in [6.45, 7) is 2.21. The van der Waals surface area contributed by atoms with Crippen LogP contribution in [0.4, 0.5) is 11.4 Å². The summed E-state index contributed by atoms with van der Waals surface area (Å²) >= 11 is 0. The van der Waals surface area contributed by atoms with Crippen LogP contribution in [-0.2, 0) is 19.2 Å². The van der Waals surface area contributed by atoms with Crippen LogP contribution < -0.4 is 14.5 Å². The number of aryl methyl sites for hydroxylation is 1. The van der Waals surface area contributed by atoms with E-state index in [0.717, 1.165) is 17.7 Å². The largest absolute Gasteiger partial charge is 0.426 e. The van der Waals surface area contributed by atoms with Gasteiger partial charge in [0.2, 0.25) is 17.7 Å². The number of imide groups is 1. The van der Waals surface area contributed by atoms with E-state index in [-0.39, 0.29) is 60.1 Å². The van der Waals surface area contributed by atoms with Crippen LogP contribution in [0.5, 0.6) is 5.75 Å². The molecule has 2 aromatic rings. The Kier molecular flexibility index (Phi) is 4.56. The first-order chi connectivity index (χ1) is 17.4. The number of allylic oxidation sites excluding steroid dienone is 2. The third kappa shape index (κ3) is 3.11. The first-order valence-corrected chi connectivity index (χ1v) is 12.7. The number of carbonyl (C=O) groups excluding carboxylic acids is 4. The maximum absolute atomic E-state index is 13.4. The number of anilines is 2. The van der Waals surface area contributed by atoms with E-state index in [0.29, 0.717) is 17.5 Å². The molecule has 0 radical (unpaired) electrons. The lowest BCUT2D eigenvalue weighted by Crippen LogP contribution is -2.40. The van der Waals surface area contributed by atoms with E-state index >= 15 is 0 Å². The predicted molar refractivity (Wildman–Crippen MR) is 131 cm³/mol. The minimum Gasteiger partial charge on any atom is -0.426 e. The van der Waals surface area contributed by atoms with E-state index in [9.17, 15) is 19.2 Å². The highest BCUT2D eigenvalue weighted by Crippen LogP contribution is 2.65. The van der Waals surface area contributed by atoms with Crippen LogP contribution in [-0.4, -0.2) is 30.2 Å². The van der Waals surface area contributed by atoms with Crippen molar-refractivity contribution in [2.75, 3.05) is 16.3 Å². The molecule has 2 aliphatic heterocycles. The van der Waals surface area contributed by atoms with Gasteiger partial charge in [0.25, 0.3) is 0 Å². The van der Waals surface area contributed by atoms with Gasteiger partial charge in [-0.3, -0.25) is 19.2 Å². The van der Waals surface area contributed by atoms with Crippen LogP contribution in [0.1, 0.15) is 18.4 Å². The molecule has 7 heteroatoms. The van der Waals surface area contributed by atoms with Crippen LogP contribution in [0.15, 0.2) is 60.7 Å². The van der Waals surface area contributed by atoms with E-state index in [1.807, 2.05) is 31.2 Å². The molecule has 7 atom stereocenters. The van der Waals surface area contributed by atoms with Gasteiger partial charge in [-0.05, 0) is 66.8 Å². The van der Waals surface area contributed by atoms with Gasteiger partial charge in [-0.1, -0.05) is 30.4 Å². The second kappa shape index (κ2) is 7.63. The van der Waals surface area contributed by atoms with E-state index in [1.54, 1.807) is 29.2 Å². The first kappa shape index (κ1) is 21.5. The molecule has 0 N–H and O–H groups in total. The molecule has 2 saturated carbocycles. The van der Waals surface area contributed by atoms with Crippen molar-refractivity contribution in [3.8, 4) is 5.75 Å². The fraction of sp³-hybridized carbons (Fsp3) is 0.379. The molecule has 3 amide bonds. The van der Waals surface area contributed by atoms with E-state index in [4.69, 9.17) is 4.74 Å². The van der Waals surface area contributed by atoms with E-state index in [2.05, 4.69) is 12.2 Å². The second-order valence-electron chi connectivity index (χ2n) is 10.8. The molecule has 36 heavy (non-hydrogen) atoms. The van der Waals surface area contributed by atoms with Gasteiger partial charge in [-0.15, -0.1) is 0 Å². The summed E-state index contributed by atoms with van der Waals surface area (Å²) in [6.07, 6.45) is 5.50. The van der Waals surface area contributed by atoms with Gasteiger partial charge >= 0.3 is 5.97 Å². The number of hydrogen-bond acceptors (Lipinski definition) is 5. The lowest BCUT2D eigenvalue weighted by atomic mass is 9.63. The zero-order chi connectivity index (χ0) is 24.7. The average molecular weight is 483 g/mol. The molecule has 0 unspecified atom stereocenters. The van der Waals surface area contributed by atoms with Crippen molar-refractivity contribution in [1.29, 1.82) is 0 Å². The zero-order valence-corrected chi connectivity index (χ0v) is 19.9. The summed E-state index contributed by atoms with van der Waals surface area (Å²) < 4.78 is 5.64. The maximum atomic E-state index is 13.4. The predicted octanol–water partition coefficient (Wildman–Crippen LogP) is 3.51. The molecule has 0 spiro atoms. The number of rotatable bonds is 4. The first-order valence-electron chi connectivity index (χ1n) is 12.7. The summed E-state index contributed by atoms with van der Waals surface area (Å²) in [7, 11) is 0. The van der Waals surface area contributed by atoms with Crippen LogP contribution >= 0.6 is 0 Å². The number of hydrogen-bond donors (Lipinski definition) is 0. The van der Waals surface area contributed by atoms with Crippen LogP contribution in [0, 0.1) is 48.3 Å². The quantitative estimate of drug-likeness (QED) is 0.288. The average Bonchev–Trinajstić information content (AvgIpc) is 3.54. The number of benzene rings is 2. The highest BCUT2D eigenvalue weighted by Gasteiger charge is 2.67. The fourth-order valence-corrected chi connectivity index (χ4v) is 7.01. The lowest BCUT2D eigenvalue weighted by molar-refractivity contribution is -0.139. The Bertz CT molecular complexity index is 1330. The Balaban J connectivity index is 1.08. The van der Waals surface area contributed by atoms with Crippen molar-refractivity contribution in [2.24, 2.45) is 41.4 Å². The van der Waals surface area contributed by atoms with Crippen molar-refractivity contribution < 1.29 is 23.9 Å². The second-order valence-corrected chi connectivity index (χ2v) is 10.8. The summed E-state index contributed by atoms with van der Waals surface area (Å²) in [5.41, 5.74) is 2.24. The third-order valence-corrected chi connectivity index (χ3v) is 8.73. The van der Waals surface area contributed by atoms with E-state index in [1.165, 1.54) is 4.90 Å². The Morgan fingerprint density at radius 2 is 1.56 bits per heavy atom. The minimum atomic E-state index is -0.590. The maximum Gasteiger partial charge on any atom is 0.316 e. The van der Waals surface area contributed by atoms with Gasteiger partial charge in [0.15, 0.2) is 0 Å². The molecule has 6 aliphatic rings. The van der Waals surface area contributed by atoms with Crippen molar-refractivity contribution in [2.45, 2.75) is 19.8 Å². The standard InChI is InChI=1S/C29H26N2O5/c1-15-4-2-5-17(10-15)30-14-16(11-24(30)32)29(35)36-19-7-3-6-18(12-19)31-27(33)25-20-8-9-21(23-13-22(20)23)26(25)28(31)34/h2-10,12,16,20-23,25-26H,11,13-14H2,1H3/t16-,20-,21-,22-,23+,25+,26+/m1/s1. The highest BCUT2D eigenvalue weighted by atomic mass is 16.5. The lowest BCUT2D eigenvalue weighted by Gasteiger charge is -2.37. The van der Waals surface area contributed by atoms with Gasteiger partial charge < -0.3 is 9.64 Å². The Morgan fingerprint density at radius 1 is 0.889 bits per heavy atom. The van der Waals surface area contributed by atoms with Gasteiger partial charge in [0.05, 0.1) is 23.4 Å². The molecule has 7 nitrogen and oxygen atoms in total.